The molecule has 0 aromatic heterocycles. The van der Waals surface area contributed by atoms with Crippen LogP contribution in [-0.2, 0) is 9.59 Å². The number of carbonyl (C=O) groups is 2. The van der Waals surface area contributed by atoms with Gasteiger partial charge in [-0.25, -0.2) is 4.79 Å². The summed E-state index contributed by atoms with van der Waals surface area (Å²) in [5.41, 5.74) is 0. The number of hydrogen-bond donors (Lipinski definition) is 1. The van der Waals surface area contributed by atoms with Crippen molar-refractivity contribution in [2.45, 2.75) is 6.04 Å². The molecule has 0 aromatic carbocycles. The topological polar surface area (TPSA) is 60.9 Å². The number of thioether (sulfide) groups is 1. The van der Waals surface area contributed by atoms with Crippen LogP contribution in [-0.4, -0.2) is 70.5 Å². The zero-order chi connectivity index (χ0) is 10.8. The Morgan fingerprint density at radius 2 is 1.73 bits per heavy atom. The first-order chi connectivity index (χ1) is 7.18. The summed E-state index contributed by atoms with van der Waals surface area (Å²) < 4.78 is 0. The molecule has 1 amide bonds. The molecule has 0 bridgehead atoms. The second kappa shape index (κ2) is 4.40. The number of piperazine rings is 1. The fourth-order valence-corrected chi connectivity index (χ4v) is 2.73. The minimum Gasteiger partial charge on any atom is -0.474 e. The van der Waals surface area contributed by atoms with Crippen LogP contribution in [0.15, 0.2) is 0 Å². The van der Waals surface area contributed by atoms with Gasteiger partial charge in [0.15, 0.2) is 0 Å². The van der Waals surface area contributed by atoms with Gasteiger partial charge < -0.3 is 10.0 Å². The first kappa shape index (κ1) is 10.8. The number of carbonyl (C=O) groups excluding carboxylic acids is 1. The molecule has 6 heteroatoms. The molecule has 0 spiro atoms. The molecule has 0 aromatic rings. The maximum absolute atomic E-state index is 11.2. The molecule has 0 radical (unpaired) electrons. The number of nitrogens with zero attached hydrogens (tertiary/aromatic N) is 2. The van der Waals surface area contributed by atoms with E-state index in [4.69, 9.17) is 5.11 Å². The maximum atomic E-state index is 11.2. The molecule has 0 aliphatic carbocycles. The van der Waals surface area contributed by atoms with Crippen LogP contribution in [0.25, 0.3) is 0 Å². The fraction of sp³-hybridized carbons (Fsp3) is 0.778. The van der Waals surface area contributed by atoms with Gasteiger partial charge in [-0.2, -0.15) is 11.8 Å². The monoisotopic (exact) mass is 230 g/mol. The lowest BCUT2D eigenvalue weighted by Gasteiger charge is -2.42. The molecular weight excluding hydrogens is 216 g/mol. The molecular formula is C9H14N2O3S. The van der Waals surface area contributed by atoms with Gasteiger partial charge >= 0.3 is 11.9 Å². The second-order valence-electron chi connectivity index (χ2n) is 3.82. The quantitative estimate of drug-likeness (QED) is 0.605. The van der Waals surface area contributed by atoms with Crippen molar-refractivity contribution in [2.24, 2.45) is 0 Å². The summed E-state index contributed by atoms with van der Waals surface area (Å²) in [4.78, 5) is 25.4. The van der Waals surface area contributed by atoms with E-state index in [1.165, 1.54) is 16.4 Å². The third-order valence-corrected chi connectivity index (χ3v) is 4.16. The Labute approximate surface area is 92.4 Å². The molecule has 2 aliphatic rings. The van der Waals surface area contributed by atoms with Gasteiger partial charge in [0.2, 0.25) is 0 Å². The average molecular weight is 230 g/mol. The second-order valence-corrected chi connectivity index (χ2v) is 4.90. The highest BCUT2D eigenvalue weighted by atomic mass is 32.2. The largest absolute Gasteiger partial charge is 0.474 e. The van der Waals surface area contributed by atoms with E-state index >= 15 is 0 Å². The van der Waals surface area contributed by atoms with E-state index in [0.29, 0.717) is 19.1 Å². The number of aliphatic carboxylic acids is 1. The van der Waals surface area contributed by atoms with Gasteiger partial charge in [-0.15, -0.1) is 0 Å². The highest BCUT2D eigenvalue weighted by molar-refractivity contribution is 8.00. The molecule has 2 heterocycles. The predicted octanol–water partition coefficient (Wildman–Crippen LogP) is -0.669. The van der Waals surface area contributed by atoms with Crippen LogP contribution < -0.4 is 0 Å². The Balaban J connectivity index is 1.81. The van der Waals surface area contributed by atoms with Crippen LogP contribution in [0.4, 0.5) is 0 Å². The van der Waals surface area contributed by atoms with E-state index in [2.05, 4.69) is 4.90 Å². The van der Waals surface area contributed by atoms with Crippen molar-refractivity contribution in [2.75, 3.05) is 37.7 Å². The minimum absolute atomic E-state index is 0.548. The summed E-state index contributed by atoms with van der Waals surface area (Å²) >= 11 is 1.93. The summed E-state index contributed by atoms with van der Waals surface area (Å²) in [7, 11) is 0. The Kier molecular flexibility index (Phi) is 3.16. The molecule has 0 saturated carbocycles. The van der Waals surface area contributed by atoms with Crippen LogP contribution in [0.1, 0.15) is 0 Å². The lowest BCUT2D eigenvalue weighted by Crippen LogP contribution is -2.56. The van der Waals surface area contributed by atoms with Gasteiger partial charge in [-0.3, -0.25) is 9.69 Å². The van der Waals surface area contributed by atoms with Gasteiger partial charge in [0.05, 0.1) is 0 Å². The van der Waals surface area contributed by atoms with Crippen LogP contribution in [0.3, 0.4) is 0 Å². The van der Waals surface area contributed by atoms with Gasteiger partial charge in [0, 0.05) is 43.7 Å². The summed E-state index contributed by atoms with van der Waals surface area (Å²) in [6, 6.07) is 0.650. The molecule has 2 fully saturated rings. The Morgan fingerprint density at radius 3 is 2.13 bits per heavy atom. The van der Waals surface area contributed by atoms with Gasteiger partial charge in [-0.1, -0.05) is 0 Å². The van der Waals surface area contributed by atoms with Gasteiger partial charge in [0.1, 0.15) is 0 Å². The van der Waals surface area contributed by atoms with Crippen molar-refractivity contribution >= 4 is 23.6 Å². The smallest absolute Gasteiger partial charge is 0.394 e. The molecule has 2 saturated heterocycles. The molecule has 2 rings (SSSR count). The SMILES string of the molecule is O=C(O)C(=O)N1CCN(C2CSC2)CC1. The summed E-state index contributed by atoms with van der Waals surface area (Å²) in [5.74, 6) is 0.236. The van der Waals surface area contributed by atoms with E-state index in [9.17, 15) is 9.59 Å². The van der Waals surface area contributed by atoms with Crippen LogP contribution in [0.2, 0.25) is 0 Å². The van der Waals surface area contributed by atoms with Crippen molar-refractivity contribution in [3.63, 3.8) is 0 Å². The molecule has 0 unspecified atom stereocenters. The average Bonchev–Trinajstić information content (AvgIpc) is 2.15. The standard InChI is InChI=1S/C9H14N2O3S/c12-8(9(13)14)11-3-1-10(2-4-11)7-5-15-6-7/h7H,1-6H2,(H,13,14). The highest BCUT2D eigenvalue weighted by Gasteiger charge is 2.31. The minimum atomic E-state index is -1.34. The first-order valence-electron chi connectivity index (χ1n) is 5.02. The van der Waals surface area contributed by atoms with Crippen LogP contribution in [0, 0.1) is 0 Å². The predicted molar refractivity (Wildman–Crippen MR) is 56.9 cm³/mol. The third-order valence-electron chi connectivity index (χ3n) is 2.92. The number of rotatable bonds is 1. The normalized spacial score (nSPS) is 23.6. The Morgan fingerprint density at radius 1 is 1.13 bits per heavy atom. The van der Waals surface area contributed by atoms with E-state index in [1.807, 2.05) is 11.8 Å². The van der Waals surface area contributed by atoms with Crippen molar-refractivity contribution < 1.29 is 14.7 Å². The maximum Gasteiger partial charge on any atom is 0.394 e. The van der Waals surface area contributed by atoms with Crippen molar-refractivity contribution in [1.29, 1.82) is 0 Å². The van der Waals surface area contributed by atoms with E-state index < -0.39 is 11.9 Å². The van der Waals surface area contributed by atoms with Gasteiger partial charge in [-0.05, 0) is 0 Å². The number of carboxylic acids is 1. The van der Waals surface area contributed by atoms with Crippen LogP contribution >= 0.6 is 11.8 Å². The van der Waals surface area contributed by atoms with E-state index in [0.717, 1.165) is 13.1 Å². The Bertz CT molecular complexity index is 273. The third kappa shape index (κ3) is 2.26. The van der Waals surface area contributed by atoms with Gasteiger partial charge in [0.25, 0.3) is 0 Å². The number of amides is 1. The van der Waals surface area contributed by atoms with Crippen molar-refractivity contribution in [1.82, 2.24) is 9.80 Å². The zero-order valence-corrected chi connectivity index (χ0v) is 9.20. The lowest BCUT2D eigenvalue weighted by atomic mass is 10.2. The fourth-order valence-electron chi connectivity index (χ4n) is 1.86. The highest BCUT2D eigenvalue weighted by Crippen LogP contribution is 2.23. The summed E-state index contributed by atoms with van der Waals surface area (Å²) in [5, 5.41) is 8.56. The Hall–Kier alpha value is -0.750. The summed E-state index contributed by atoms with van der Waals surface area (Å²) in [6.07, 6.45) is 0. The van der Waals surface area contributed by atoms with E-state index in [-0.39, 0.29) is 0 Å². The molecule has 15 heavy (non-hydrogen) atoms. The molecule has 2 aliphatic heterocycles. The lowest BCUT2D eigenvalue weighted by molar-refractivity contribution is -0.156. The molecule has 1 N–H and O–H groups in total. The first-order valence-corrected chi connectivity index (χ1v) is 6.18. The molecule has 84 valence electrons. The van der Waals surface area contributed by atoms with Crippen molar-refractivity contribution in [3.05, 3.63) is 0 Å². The van der Waals surface area contributed by atoms with E-state index in [1.54, 1.807) is 0 Å². The molecule has 5 nitrogen and oxygen atoms in total. The molecule has 0 atom stereocenters. The van der Waals surface area contributed by atoms with Crippen LogP contribution in [0.5, 0.6) is 0 Å². The zero-order valence-electron chi connectivity index (χ0n) is 8.39. The number of hydrogen-bond acceptors (Lipinski definition) is 4. The number of carboxylic acid groups (broad SMARTS) is 1. The van der Waals surface area contributed by atoms with Crippen molar-refractivity contribution in [3.8, 4) is 0 Å². The summed E-state index contributed by atoms with van der Waals surface area (Å²) in [6.45, 7) is 2.72.